The predicted molar refractivity (Wildman–Crippen MR) is 77.1 cm³/mol. The molecule has 0 unspecified atom stereocenters. The Kier molecular flexibility index (Phi) is 4.18. The van der Waals surface area contributed by atoms with E-state index in [0.29, 0.717) is 0 Å². The quantitative estimate of drug-likeness (QED) is 0.902. The highest BCUT2D eigenvalue weighted by Gasteiger charge is 2.14. The average Bonchev–Trinajstić information content (AvgIpc) is 2.40. The van der Waals surface area contributed by atoms with E-state index in [2.05, 4.69) is 15.0 Å². The number of carbonyl (C=O) groups is 1. The standard InChI is InChI=1S/C13H12FN3O3S/c1-21(19,20)17-12-5-3-2-4-11(12)16-13(18)9-6-7-15-8-10(9)14/h2-8,17H,1H3,(H,16,18). The molecule has 6 nitrogen and oxygen atoms in total. The van der Waals surface area contributed by atoms with E-state index in [1.807, 2.05) is 0 Å². The maximum Gasteiger partial charge on any atom is 0.258 e. The van der Waals surface area contributed by atoms with Crippen molar-refractivity contribution in [1.29, 1.82) is 0 Å². The summed E-state index contributed by atoms with van der Waals surface area (Å²) in [4.78, 5) is 15.6. The summed E-state index contributed by atoms with van der Waals surface area (Å²) in [6, 6.07) is 7.45. The molecule has 0 aliphatic rings. The Morgan fingerprint density at radius 1 is 1.19 bits per heavy atom. The van der Waals surface area contributed by atoms with Gasteiger partial charge in [-0.15, -0.1) is 0 Å². The van der Waals surface area contributed by atoms with Gasteiger partial charge >= 0.3 is 0 Å². The number of nitrogens with zero attached hydrogens (tertiary/aromatic N) is 1. The maximum absolute atomic E-state index is 13.5. The van der Waals surface area contributed by atoms with Gasteiger partial charge in [0.15, 0.2) is 5.82 Å². The van der Waals surface area contributed by atoms with Crippen molar-refractivity contribution in [2.24, 2.45) is 0 Å². The summed E-state index contributed by atoms with van der Waals surface area (Å²) < 4.78 is 38.3. The summed E-state index contributed by atoms with van der Waals surface area (Å²) in [6.07, 6.45) is 3.21. The SMILES string of the molecule is CS(=O)(=O)Nc1ccccc1NC(=O)c1ccncc1F. The highest BCUT2D eigenvalue weighted by molar-refractivity contribution is 7.92. The zero-order valence-electron chi connectivity index (χ0n) is 11.0. The van der Waals surface area contributed by atoms with E-state index in [-0.39, 0.29) is 16.9 Å². The lowest BCUT2D eigenvalue weighted by atomic mass is 10.2. The van der Waals surface area contributed by atoms with Crippen molar-refractivity contribution < 1.29 is 17.6 Å². The number of hydrogen-bond acceptors (Lipinski definition) is 4. The van der Waals surface area contributed by atoms with E-state index < -0.39 is 21.7 Å². The van der Waals surface area contributed by atoms with Crippen molar-refractivity contribution in [3.63, 3.8) is 0 Å². The zero-order chi connectivity index (χ0) is 15.5. The number of benzene rings is 1. The number of anilines is 2. The van der Waals surface area contributed by atoms with Crippen molar-refractivity contribution in [3.8, 4) is 0 Å². The smallest absolute Gasteiger partial charge is 0.258 e. The molecule has 1 amide bonds. The first-order valence-corrected chi connectivity index (χ1v) is 7.73. The Hall–Kier alpha value is -2.48. The molecule has 0 bridgehead atoms. The first kappa shape index (κ1) is 14.9. The summed E-state index contributed by atoms with van der Waals surface area (Å²) >= 11 is 0. The molecule has 0 aliphatic carbocycles. The second kappa shape index (κ2) is 5.88. The van der Waals surface area contributed by atoms with Crippen LogP contribution < -0.4 is 10.0 Å². The first-order chi connectivity index (χ1) is 9.87. The van der Waals surface area contributed by atoms with Gasteiger partial charge in [0.05, 0.1) is 29.4 Å². The molecule has 2 aromatic rings. The number of amides is 1. The van der Waals surface area contributed by atoms with Crippen molar-refractivity contribution in [2.45, 2.75) is 0 Å². The number of hydrogen-bond donors (Lipinski definition) is 2. The van der Waals surface area contributed by atoms with Gasteiger partial charge in [-0.2, -0.15) is 0 Å². The van der Waals surface area contributed by atoms with Crippen molar-refractivity contribution in [1.82, 2.24) is 4.98 Å². The van der Waals surface area contributed by atoms with Gasteiger partial charge in [0.2, 0.25) is 10.0 Å². The average molecular weight is 309 g/mol. The zero-order valence-corrected chi connectivity index (χ0v) is 11.8. The van der Waals surface area contributed by atoms with Gasteiger partial charge < -0.3 is 5.32 Å². The fourth-order valence-electron chi connectivity index (χ4n) is 1.63. The highest BCUT2D eigenvalue weighted by Crippen LogP contribution is 2.22. The second-order valence-electron chi connectivity index (χ2n) is 4.23. The molecule has 8 heteroatoms. The Bertz CT molecular complexity index is 778. The van der Waals surface area contributed by atoms with Gasteiger partial charge in [-0.3, -0.25) is 14.5 Å². The normalized spacial score (nSPS) is 11.0. The molecule has 1 heterocycles. The molecule has 2 N–H and O–H groups in total. The topological polar surface area (TPSA) is 88.2 Å². The molecule has 2 rings (SSSR count). The van der Waals surface area contributed by atoms with Crippen LogP contribution in [0.3, 0.4) is 0 Å². The number of pyridine rings is 1. The third kappa shape index (κ3) is 3.99. The van der Waals surface area contributed by atoms with Crippen LogP contribution in [0.4, 0.5) is 15.8 Å². The Labute approximate surface area is 121 Å². The van der Waals surface area contributed by atoms with Crippen LogP contribution in [0, 0.1) is 5.82 Å². The molecule has 0 atom stereocenters. The van der Waals surface area contributed by atoms with Gasteiger partial charge in [0.1, 0.15) is 0 Å². The van der Waals surface area contributed by atoms with Crippen LogP contribution in [0.2, 0.25) is 0 Å². The minimum absolute atomic E-state index is 0.181. The molecule has 0 saturated carbocycles. The lowest BCUT2D eigenvalue weighted by Gasteiger charge is -2.12. The molecule has 0 aliphatic heterocycles. The molecule has 1 aromatic heterocycles. The van der Waals surface area contributed by atoms with Crippen molar-refractivity contribution >= 4 is 27.3 Å². The molecular weight excluding hydrogens is 297 g/mol. The molecule has 110 valence electrons. The predicted octanol–water partition coefficient (Wildman–Crippen LogP) is 1.84. The van der Waals surface area contributed by atoms with E-state index >= 15 is 0 Å². The number of carbonyl (C=O) groups excluding carboxylic acids is 1. The van der Waals surface area contributed by atoms with Crippen LogP contribution in [-0.2, 0) is 10.0 Å². The Morgan fingerprint density at radius 2 is 1.86 bits per heavy atom. The minimum atomic E-state index is -3.49. The van der Waals surface area contributed by atoms with E-state index in [4.69, 9.17) is 0 Å². The van der Waals surface area contributed by atoms with Gasteiger partial charge in [0, 0.05) is 6.20 Å². The Morgan fingerprint density at radius 3 is 2.48 bits per heavy atom. The fourth-order valence-corrected chi connectivity index (χ4v) is 2.21. The van der Waals surface area contributed by atoms with E-state index in [1.165, 1.54) is 24.4 Å². The summed E-state index contributed by atoms with van der Waals surface area (Å²) in [5.41, 5.74) is 0.242. The number of nitrogens with one attached hydrogen (secondary N) is 2. The molecule has 0 spiro atoms. The monoisotopic (exact) mass is 309 g/mol. The van der Waals surface area contributed by atoms with Crippen LogP contribution in [0.1, 0.15) is 10.4 Å². The van der Waals surface area contributed by atoms with E-state index in [0.717, 1.165) is 12.5 Å². The number of aromatic nitrogens is 1. The van der Waals surface area contributed by atoms with Gasteiger partial charge in [-0.25, -0.2) is 12.8 Å². The maximum atomic E-state index is 13.5. The second-order valence-corrected chi connectivity index (χ2v) is 5.98. The molecule has 0 fully saturated rings. The minimum Gasteiger partial charge on any atom is -0.320 e. The molecule has 0 radical (unpaired) electrons. The van der Waals surface area contributed by atoms with Crippen LogP contribution in [0.15, 0.2) is 42.7 Å². The van der Waals surface area contributed by atoms with E-state index in [9.17, 15) is 17.6 Å². The molecule has 0 saturated heterocycles. The van der Waals surface area contributed by atoms with Gasteiger partial charge in [-0.1, -0.05) is 12.1 Å². The van der Waals surface area contributed by atoms with Crippen molar-refractivity contribution in [2.75, 3.05) is 16.3 Å². The van der Waals surface area contributed by atoms with Crippen LogP contribution >= 0.6 is 0 Å². The summed E-state index contributed by atoms with van der Waals surface area (Å²) in [5, 5.41) is 2.46. The highest BCUT2D eigenvalue weighted by atomic mass is 32.2. The van der Waals surface area contributed by atoms with Gasteiger partial charge in [0.25, 0.3) is 5.91 Å². The molecule has 1 aromatic carbocycles. The van der Waals surface area contributed by atoms with Crippen LogP contribution in [0.25, 0.3) is 0 Å². The lowest BCUT2D eigenvalue weighted by molar-refractivity contribution is 0.102. The van der Waals surface area contributed by atoms with E-state index in [1.54, 1.807) is 12.1 Å². The van der Waals surface area contributed by atoms with Crippen LogP contribution in [0.5, 0.6) is 0 Å². The third-order valence-electron chi connectivity index (χ3n) is 2.49. The number of rotatable bonds is 4. The van der Waals surface area contributed by atoms with Crippen LogP contribution in [-0.4, -0.2) is 25.6 Å². The third-order valence-corrected chi connectivity index (χ3v) is 3.08. The summed E-state index contributed by atoms with van der Waals surface area (Å²) in [7, 11) is -3.49. The number of para-hydroxylation sites is 2. The number of sulfonamides is 1. The number of halogens is 1. The molecular formula is C13H12FN3O3S. The largest absolute Gasteiger partial charge is 0.320 e. The van der Waals surface area contributed by atoms with Gasteiger partial charge in [-0.05, 0) is 18.2 Å². The van der Waals surface area contributed by atoms with Crippen molar-refractivity contribution in [3.05, 3.63) is 54.1 Å². The molecule has 21 heavy (non-hydrogen) atoms. The fraction of sp³-hybridized carbons (Fsp3) is 0.0769. The summed E-state index contributed by atoms with van der Waals surface area (Å²) in [5.74, 6) is -1.46. The Balaban J connectivity index is 2.28. The lowest BCUT2D eigenvalue weighted by Crippen LogP contribution is -2.17. The summed E-state index contributed by atoms with van der Waals surface area (Å²) in [6.45, 7) is 0. The first-order valence-electron chi connectivity index (χ1n) is 5.84.